The number of sulfonamides is 1. The highest BCUT2D eigenvalue weighted by molar-refractivity contribution is 7.89. The second-order valence-electron chi connectivity index (χ2n) is 4.57. The molecule has 0 saturated carbocycles. The van der Waals surface area contributed by atoms with Gasteiger partial charge >= 0.3 is 0 Å². The van der Waals surface area contributed by atoms with E-state index < -0.39 is 10.0 Å². The molecule has 6 nitrogen and oxygen atoms in total. The molecule has 1 fully saturated rings. The van der Waals surface area contributed by atoms with Gasteiger partial charge in [-0.25, -0.2) is 8.42 Å². The fraction of sp³-hybridized carbons (Fsp3) is 0.417. The molecule has 0 radical (unpaired) electrons. The fourth-order valence-electron chi connectivity index (χ4n) is 2.02. The van der Waals surface area contributed by atoms with Gasteiger partial charge in [0.25, 0.3) is 0 Å². The lowest BCUT2D eigenvalue weighted by atomic mass is 10.2. The van der Waals surface area contributed by atoms with Crippen LogP contribution in [0.5, 0.6) is 0 Å². The lowest BCUT2D eigenvalue weighted by molar-refractivity contribution is -0.120. The number of benzene rings is 1. The van der Waals surface area contributed by atoms with E-state index in [1.54, 1.807) is 19.1 Å². The Morgan fingerprint density at radius 3 is 2.84 bits per heavy atom. The van der Waals surface area contributed by atoms with Crippen molar-refractivity contribution in [2.75, 3.05) is 25.4 Å². The minimum absolute atomic E-state index is 0.142. The third kappa shape index (κ3) is 2.87. The van der Waals surface area contributed by atoms with Gasteiger partial charge in [0, 0.05) is 18.8 Å². The van der Waals surface area contributed by atoms with Crippen LogP contribution in [0.4, 0.5) is 5.69 Å². The molecule has 3 N–H and O–H groups in total. The third-order valence-corrected chi connectivity index (χ3v) is 5.04. The first-order chi connectivity index (χ1) is 8.91. The summed E-state index contributed by atoms with van der Waals surface area (Å²) in [6.45, 7) is 2.40. The van der Waals surface area contributed by atoms with Crippen LogP contribution in [0.25, 0.3) is 0 Å². The maximum absolute atomic E-state index is 12.5. The molecule has 0 spiro atoms. The van der Waals surface area contributed by atoms with Gasteiger partial charge in [0.05, 0.1) is 11.4 Å². The van der Waals surface area contributed by atoms with E-state index in [1.165, 1.54) is 10.4 Å². The Balaban J connectivity index is 2.40. The summed E-state index contributed by atoms with van der Waals surface area (Å²) in [6, 6.07) is 4.76. The molecule has 1 amide bonds. The molecule has 1 aromatic carbocycles. The summed E-state index contributed by atoms with van der Waals surface area (Å²) in [5, 5.41) is 2.65. The number of nitrogens with one attached hydrogen (secondary N) is 1. The Hall–Kier alpha value is -1.60. The summed E-state index contributed by atoms with van der Waals surface area (Å²) in [6.07, 6.45) is 0.604. The summed E-state index contributed by atoms with van der Waals surface area (Å²) < 4.78 is 26.3. The van der Waals surface area contributed by atoms with Gasteiger partial charge in [-0.05, 0) is 31.0 Å². The lowest BCUT2D eigenvalue weighted by Crippen LogP contribution is -2.37. The highest BCUT2D eigenvalue weighted by Gasteiger charge is 2.29. The molecule has 19 heavy (non-hydrogen) atoms. The van der Waals surface area contributed by atoms with E-state index in [1.807, 2.05) is 0 Å². The second kappa shape index (κ2) is 5.18. The molecule has 1 saturated heterocycles. The Morgan fingerprint density at radius 1 is 1.37 bits per heavy atom. The van der Waals surface area contributed by atoms with Crippen LogP contribution in [-0.2, 0) is 14.8 Å². The number of hydrogen-bond donors (Lipinski definition) is 2. The third-order valence-electron chi connectivity index (χ3n) is 3.06. The molecule has 0 atom stereocenters. The summed E-state index contributed by atoms with van der Waals surface area (Å²) in [7, 11) is -3.68. The van der Waals surface area contributed by atoms with Crippen molar-refractivity contribution in [2.24, 2.45) is 0 Å². The minimum atomic E-state index is -3.68. The topological polar surface area (TPSA) is 92.5 Å². The molecular formula is C12H17N3O3S. The number of nitrogens with zero attached hydrogens (tertiary/aromatic N) is 1. The summed E-state index contributed by atoms with van der Waals surface area (Å²) in [4.78, 5) is 11.7. The maximum atomic E-state index is 12.5. The summed E-state index contributed by atoms with van der Waals surface area (Å²) in [5.74, 6) is -0.275. The zero-order valence-corrected chi connectivity index (χ0v) is 11.5. The van der Waals surface area contributed by atoms with Crippen LogP contribution in [0.1, 0.15) is 12.0 Å². The second-order valence-corrected chi connectivity index (χ2v) is 6.47. The first-order valence-corrected chi connectivity index (χ1v) is 7.48. The van der Waals surface area contributed by atoms with E-state index in [9.17, 15) is 13.2 Å². The number of nitrogen functional groups attached to an aromatic ring is 1. The lowest BCUT2D eigenvalue weighted by Gasteiger charge is -2.20. The summed E-state index contributed by atoms with van der Waals surface area (Å²) in [5.41, 5.74) is 6.67. The van der Waals surface area contributed by atoms with Crippen LogP contribution in [0, 0.1) is 6.92 Å². The number of carbonyl (C=O) groups excluding carboxylic acids is 1. The number of amides is 1. The molecule has 1 aliphatic heterocycles. The Morgan fingerprint density at radius 2 is 2.11 bits per heavy atom. The van der Waals surface area contributed by atoms with Gasteiger partial charge in [-0.1, -0.05) is 6.07 Å². The Labute approximate surface area is 112 Å². The predicted molar refractivity (Wildman–Crippen MR) is 72.0 cm³/mol. The molecule has 0 bridgehead atoms. The van der Waals surface area contributed by atoms with E-state index in [0.717, 1.165) is 0 Å². The standard InChI is InChI=1S/C12H17N3O3S/c1-9-3-4-10(13)7-11(9)19(17,18)15-6-2-5-14-12(16)8-15/h3-4,7H,2,5-6,8,13H2,1H3,(H,14,16). The van der Waals surface area contributed by atoms with Crippen LogP contribution in [0.15, 0.2) is 23.1 Å². The maximum Gasteiger partial charge on any atom is 0.243 e. The molecule has 1 aliphatic rings. The highest BCUT2D eigenvalue weighted by Crippen LogP contribution is 2.22. The zero-order chi connectivity index (χ0) is 14.0. The van der Waals surface area contributed by atoms with Crippen LogP contribution >= 0.6 is 0 Å². The fourth-order valence-corrected chi connectivity index (χ4v) is 3.71. The molecule has 7 heteroatoms. The van der Waals surface area contributed by atoms with Crippen molar-refractivity contribution in [1.29, 1.82) is 0 Å². The van der Waals surface area contributed by atoms with Gasteiger partial charge in [0.1, 0.15) is 0 Å². The molecular weight excluding hydrogens is 266 g/mol. The molecule has 104 valence electrons. The average Bonchev–Trinajstić information content (AvgIpc) is 2.57. The Bertz CT molecular complexity index is 598. The van der Waals surface area contributed by atoms with Crippen molar-refractivity contribution in [2.45, 2.75) is 18.2 Å². The van der Waals surface area contributed by atoms with Gasteiger partial charge in [0.15, 0.2) is 0 Å². The number of rotatable bonds is 2. The number of anilines is 1. The summed E-state index contributed by atoms with van der Waals surface area (Å²) >= 11 is 0. The van der Waals surface area contributed by atoms with Crippen molar-refractivity contribution in [3.05, 3.63) is 23.8 Å². The van der Waals surface area contributed by atoms with Crippen molar-refractivity contribution < 1.29 is 13.2 Å². The van der Waals surface area contributed by atoms with E-state index >= 15 is 0 Å². The van der Waals surface area contributed by atoms with Crippen LogP contribution in [0.2, 0.25) is 0 Å². The van der Waals surface area contributed by atoms with E-state index in [0.29, 0.717) is 30.8 Å². The van der Waals surface area contributed by atoms with Crippen molar-refractivity contribution in [3.8, 4) is 0 Å². The Kier molecular flexibility index (Phi) is 3.77. The van der Waals surface area contributed by atoms with Gasteiger partial charge in [-0.3, -0.25) is 4.79 Å². The van der Waals surface area contributed by atoms with Gasteiger partial charge in [-0.15, -0.1) is 0 Å². The molecule has 1 aromatic rings. The molecule has 1 heterocycles. The van der Waals surface area contributed by atoms with Crippen molar-refractivity contribution >= 4 is 21.6 Å². The molecule has 0 unspecified atom stereocenters. The van der Waals surface area contributed by atoms with Gasteiger partial charge < -0.3 is 11.1 Å². The monoisotopic (exact) mass is 283 g/mol. The van der Waals surface area contributed by atoms with Crippen LogP contribution in [-0.4, -0.2) is 38.3 Å². The predicted octanol–water partition coefficient (Wildman–Crippen LogP) is 0.0878. The van der Waals surface area contributed by atoms with Crippen molar-refractivity contribution in [1.82, 2.24) is 9.62 Å². The zero-order valence-electron chi connectivity index (χ0n) is 10.7. The van der Waals surface area contributed by atoms with Gasteiger partial charge in [0.2, 0.25) is 15.9 Å². The molecule has 0 aliphatic carbocycles. The SMILES string of the molecule is Cc1ccc(N)cc1S(=O)(=O)N1CCCNC(=O)C1. The minimum Gasteiger partial charge on any atom is -0.399 e. The van der Waals surface area contributed by atoms with E-state index in [2.05, 4.69) is 5.32 Å². The van der Waals surface area contributed by atoms with Crippen LogP contribution in [0.3, 0.4) is 0 Å². The van der Waals surface area contributed by atoms with E-state index in [-0.39, 0.29) is 17.3 Å². The van der Waals surface area contributed by atoms with Crippen molar-refractivity contribution in [3.63, 3.8) is 0 Å². The molecule has 2 rings (SSSR count). The number of nitrogens with two attached hydrogens (primary N) is 1. The number of aryl methyl sites for hydroxylation is 1. The van der Waals surface area contributed by atoms with Crippen LogP contribution < -0.4 is 11.1 Å². The number of hydrogen-bond acceptors (Lipinski definition) is 4. The average molecular weight is 283 g/mol. The van der Waals surface area contributed by atoms with Gasteiger partial charge in [-0.2, -0.15) is 4.31 Å². The smallest absolute Gasteiger partial charge is 0.243 e. The molecule has 0 aromatic heterocycles. The number of carbonyl (C=O) groups is 1. The first-order valence-electron chi connectivity index (χ1n) is 6.04. The van der Waals surface area contributed by atoms with E-state index in [4.69, 9.17) is 5.73 Å². The highest BCUT2D eigenvalue weighted by atomic mass is 32.2. The largest absolute Gasteiger partial charge is 0.399 e. The normalized spacial score (nSPS) is 17.8. The first kappa shape index (κ1) is 13.8. The quantitative estimate of drug-likeness (QED) is 0.752.